The van der Waals surface area contributed by atoms with Gasteiger partial charge in [-0.1, -0.05) is 115 Å². The van der Waals surface area contributed by atoms with Crippen molar-refractivity contribution in [2.24, 2.45) is 0 Å². The molecule has 0 saturated heterocycles. The van der Waals surface area contributed by atoms with E-state index < -0.39 is 11.9 Å². The molecule has 0 radical (unpaired) electrons. The fourth-order valence-electron chi connectivity index (χ4n) is 4.11. The van der Waals surface area contributed by atoms with Gasteiger partial charge in [0.1, 0.15) is 0 Å². The second-order valence-corrected chi connectivity index (χ2v) is 8.86. The Balaban J connectivity index is 1.57. The first-order chi connectivity index (χ1) is 15.5. The van der Waals surface area contributed by atoms with Crippen LogP contribution in [0.5, 0.6) is 0 Å². The number of rotatable bonds is 17. The third kappa shape index (κ3) is 10.2. The van der Waals surface area contributed by atoms with Crippen molar-refractivity contribution in [2.45, 2.75) is 116 Å². The van der Waals surface area contributed by atoms with Crippen molar-refractivity contribution in [2.75, 3.05) is 0 Å². The summed E-state index contributed by atoms with van der Waals surface area (Å²) in [5.41, 5.74) is 0.604. The highest BCUT2D eigenvalue weighted by molar-refractivity contribution is 5.53. The molecule has 5 heteroatoms. The van der Waals surface area contributed by atoms with Gasteiger partial charge in [-0.3, -0.25) is 0 Å². The average molecular weight is 452 g/mol. The molecule has 1 aromatic carbocycles. The van der Waals surface area contributed by atoms with Gasteiger partial charge < -0.3 is 4.42 Å². The molecule has 0 N–H and O–H groups in total. The molecule has 180 valence electrons. The summed E-state index contributed by atoms with van der Waals surface area (Å²) in [7, 11) is 0. The summed E-state index contributed by atoms with van der Waals surface area (Å²) in [6, 6.07) is 8.77. The number of benzene rings is 1. The van der Waals surface area contributed by atoms with Gasteiger partial charge in [-0.15, -0.1) is 0 Å². The van der Waals surface area contributed by atoms with E-state index >= 15 is 0 Å². The fraction of sp³-hybridized carbons (Fsp3) is 0.667. The van der Waals surface area contributed by atoms with Crippen molar-refractivity contribution in [1.82, 2.24) is 4.98 Å². The topological polar surface area (TPSA) is 26.0 Å². The lowest BCUT2D eigenvalue weighted by Crippen LogP contribution is -2.07. The zero-order chi connectivity index (χ0) is 23.1. The molecule has 0 fully saturated rings. The predicted molar refractivity (Wildman–Crippen MR) is 126 cm³/mol. The standard InChI is InChI=1S/C27H40F3NO/c1-2-3-4-5-6-7-8-9-10-11-12-13-14-15-19-22-24-25(27(28,29)30)32-26(31-24)23-20-17-16-18-21-23/h16-18,20-21H,2-15,19,22H2,1H3. The molecule has 1 aromatic heterocycles. The number of nitrogens with zero attached hydrogens (tertiary/aromatic N) is 1. The second-order valence-electron chi connectivity index (χ2n) is 8.86. The molecule has 2 nitrogen and oxygen atoms in total. The summed E-state index contributed by atoms with van der Waals surface area (Å²) >= 11 is 0. The highest BCUT2D eigenvalue weighted by Crippen LogP contribution is 2.35. The van der Waals surface area contributed by atoms with Gasteiger partial charge in [0.15, 0.2) is 0 Å². The average Bonchev–Trinajstić information content (AvgIpc) is 3.22. The predicted octanol–water partition coefficient (Wildman–Crippen LogP) is 9.77. The fourth-order valence-corrected chi connectivity index (χ4v) is 4.11. The summed E-state index contributed by atoms with van der Waals surface area (Å²) < 4.78 is 45.1. The van der Waals surface area contributed by atoms with Gasteiger partial charge >= 0.3 is 6.18 Å². The van der Waals surface area contributed by atoms with E-state index in [1.807, 2.05) is 6.07 Å². The molecule has 0 aliphatic carbocycles. The highest BCUT2D eigenvalue weighted by Gasteiger charge is 2.39. The zero-order valence-corrected chi connectivity index (χ0v) is 19.7. The van der Waals surface area contributed by atoms with Crippen LogP contribution < -0.4 is 0 Å². The molecule has 0 unspecified atom stereocenters. The van der Waals surface area contributed by atoms with Crippen LogP contribution >= 0.6 is 0 Å². The van der Waals surface area contributed by atoms with E-state index in [4.69, 9.17) is 4.42 Å². The van der Waals surface area contributed by atoms with Gasteiger partial charge in [-0.25, -0.2) is 4.98 Å². The molecule has 0 spiro atoms. The van der Waals surface area contributed by atoms with Crippen LogP contribution in [0.2, 0.25) is 0 Å². The van der Waals surface area contributed by atoms with E-state index in [2.05, 4.69) is 11.9 Å². The van der Waals surface area contributed by atoms with E-state index in [0.29, 0.717) is 18.4 Å². The van der Waals surface area contributed by atoms with E-state index in [1.54, 1.807) is 24.3 Å². The van der Waals surface area contributed by atoms with Crippen LogP contribution in [0, 0.1) is 0 Å². The maximum atomic E-state index is 13.3. The molecule has 32 heavy (non-hydrogen) atoms. The number of hydrogen-bond acceptors (Lipinski definition) is 2. The number of halogens is 3. The Kier molecular flexibility index (Phi) is 12.5. The van der Waals surface area contributed by atoms with E-state index in [9.17, 15) is 13.2 Å². The van der Waals surface area contributed by atoms with Crippen LogP contribution in [0.25, 0.3) is 11.5 Å². The number of oxazole rings is 1. The smallest absolute Gasteiger partial charge is 0.431 e. The largest absolute Gasteiger partial charge is 0.451 e. The van der Waals surface area contributed by atoms with E-state index in [1.165, 1.54) is 70.6 Å². The van der Waals surface area contributed by atoms with Gasteiger partial charge in [0.05, 0.1) is 5.69 Å². The molecule has 0 saturated carbocycles. The first kappa shape index (κ1) is 26.5. The maximum absolute atomic E-state index is 13.3. The third-order valence-electron chi connectivity index (χ3n) is 5.99. The van der Waals surface area contributed by atoms with Gasteiger partial charge in [0, 0.05) is 5.56 Å². The molecule has 0 aliphatic heterocycles. The Bertz CT molecular complexity index is 724. The molecule has 2 rings (SSSR count). The monoisotopic (exact) mass is 451 g/mol. The number of alkyl halides is 3. The number of hydrogen-bond donors (Lipinski definition) is 0. The quantitative estimate of drug-likeness (QED) is 0.224. The van der Waals surface area contributed by atoms with Crippen LogP contribution in [0.3, 0.4) is 0 Å². The van der Waals surface area contributed by atoms with Crippen molar-refractivity contribution in [3.8, 4) is 11.5 Å². The van der Waals surface area contributed by atoms with Crippen LogP contribution in [0.4, 0.5) is 13.2 Å². The van der Waals surface area contributed by atoms with Gasteiger partial charge in [0.2, 0.25) is 11.7 Å². The minimum absolute atomic E-state index is 0.0334. The molecule has 0 aliphatic rings. The minimum atomic E-state index is -4.51. The van der Waals surface area contributed by atoms with Crippen molar-refractivity contribution in [1.29, 1.82) is 0 Å². The van der Waals surface area contributed by atoms with Crippen LogP contribution in [-0.2, 0) is 12.6 Å². The summed E-state index contributed by atoms with van der Waals surface area (Å²) in [6.07, 6.45) is 14.4. The van der Waals surface area contributed by atoms with Crippen molar-refractivity contribution in [3.05, 3.63) is 41.8 Å². The number of aryl methyl sites for hydroxylation is 1. The van der Waals surface area contributed by atoms with Gasteiger partial charge in [0.25, 0.3) is 0 Å². The molecule has 1 heterocycles. The van der Waals surface area contributed by atoms with Gasteiger partial charge in [-0.2, -0.15) is 13.2 Å². The Morgan fingerprint density at radius 2 is 1.16 bits per heavy atom. The molecular weight excluding hydrogens is 411 g/mol. The molecule has 0 atom stereocenters. The van der Waals surface area contributed by atoms with Gasteiger partial charge in [-0.05, 0) is 25.0 Å². The Morgan fingerprint density at radius 1 is 0.688 bits per heavy atom. The Labute approximate surface area is 192 Å². The maximum Gasteiger partial charge on any atom is 0.451 e. The first-order valence-electron chi connectivity index (χ1n) is 12.6. The van der Waals surface area contributed by atoms with Crippen molar-refractivity contribution >= 4 is 0 Å². The van der Waals surface area contributed by atoms with Crippen LogP contribution in [0.15, 0.2) is 34.7 Å². The Hall–Kier alpha value is -1.78. The number of aromatic nitrogens is 1. The lowest BCUT2D eigenvalue weighted by atomic mass is 10.0. The van der Waals surface area contributed by atoms with Crippen LogP contribution in [0.1, 0.15) is 115 Å². The number of unbranched alkanes of at least 4 members (excludes halogenated alkanes) is 14. The van der Waals surface area contributed by atoms with Crippen molar-refractivity contribution < 1.29 is 17.6 Å². The normalized spacial score (nSPS) is 11.9. The zero-order valence-electron chi connectivity index (χ0n) is 19.7. The SMILES string of the molecule is CCCCCCCCCCCCCCCCCc1nc(-c2ccccc2)oc1C(F)(F)F. The summed E-state index contributed by atoms with van der Waals surface area (Å²) in [4.78, 5) is 4.16. The van der Waals surface area contributed by atoms with E-state index in [0.717, 1.165) is 19.3 Å². The third-order valence-corrected chi connectivity index (χ3v) is 5.99. The summed E-state index contributed by atoms with van der Waals surface area (Å²) in [6.45, 7) is 2.25. The lowest BCUT2D eigenvalue weighted by Gasteiger charge is -2.05. The summed E-state index contributed by atoms with van der Waals surface area (Å²) in [5, 5.41) is 0. The minimum Gasteiger partial charge on any atom is -0.431 e. The molecule has 0 amide bonds. The first-order valence-corrected chi connectivity index (χ1v) is 12.6. The molecule has 0 bridgehead atoms. The molecule has 2 aromatic rings. The molecular formula is C27H40F3NO. The Morgan fingerprint density at radius 3 is 1.62 bits per heavy atom. The highest BCUT2D eigenvalue weighted by atomic mass is 19.4. The van der Waals surface area contributed by atoms with Crippen LogP contribution in [-0.4, -0.2) is 4.98 Å². The van der Waals surface area contributed by atoms with E-state index in [-0.39, 0.29) is 11.6 Å². The lowest BCUT2D eigenvalue weighted by molar-refractivity contribution is -0.153. The second kappa shape index (κ2) is 15.1. The van der Waals surface area contributed by atoms with Crippen molar-refractivity contribution in [3.63, 3.8) is 0 Å². The summed E-state index contributed by atoms with van der Waals surface area (Å²) in [5.74, 6) is -0.893.